The SMILES string of the molecule is Cc1nc2ccccc2c(=O)n1-c1ccc(OCC(=O)O)cc1. The number of nitrogens with zero attached hydrogens (tertiary/aromatic N) is 2. The lowest BCUT2D eigenvalue weighted by atomic mass is 10.2. The van der Waals surface area contributed by atoms with Crippen molar-refractivity contribution in [2.75, 3.05) is 6.61 Å². The first-order valence-corrected chi connectivity index (χ1v) is 6.99. The maximum atomic E-state index is 12.7. The third-order valence-electron chi connectivity index (χ3n) is 3.40. The summed E-state index contributed by atoms with van der Waals surface area (Å²) < 4.78 is 6.60. The summed E-state index contributed by atoms with van der Waals surface area (Å²) >= 11 is 0. The predicted octanol–water partition coefficient (Wildman–Crippen LogP) is 2.16. The number of ether oxygens (including phenoxy) is 1. The molecule has 0 aliphatic heterocycles. The van der Waals surface area contributed by atoms with Crippen molar-refractivity contribution in [3.63, 3.8) is 0 Å². The molecule has 1 N–H and O–H groups in total. The molecule has 116 valence electrons. The minimum Gasteiger partial charge on any atom is -0.482 e. The van der Waals surface area contributed by atoms with Crippen LogP contribution >= 0.6 is 0 Å². The molecule has 0 atom stereocenters. The summed E-state index contributed by atoms with van der Waals surface area (Å²) in [5.41, 5.74) is 1.16. The molecule has 1 heterocycles. The van der Waals surface area contributed by atoms with Crippen molar-refractivity contribution in [1.82, 2.24) is 9.55 Å². The number of benzene rings is 2. The van der Waals surface area contributed by atoms with Crippen LogP contribution < -0.4 is 10.3 Å². The van der Waals surface area contributed by atoms with Crippen molar-refractivity contribution >= 4 is 16.9 Å². The maximum Gasteiger partial charge on any atom is 0.341 e. The monoisotopic (exact) mass is 310 g/mol. The van der Waals surface area contributed by atoms with Crippen molar-refractivity contribution in [3.05, 3.63) is 64.7 Å². The summed E-state index contributed by atoms with van der Waals surface area (Å²) in [6.45, 7) is 1.36. The molecule has 6 nitrogen and oxygen atoms in total. The highest BCUT2D eigenvalue weighted by atomic mass is 16.5. The number of fused-ring (bicyclic) bond motifs is 1. The summed E-state index contributed by atoms with van der Waals surface area (Å²) in [4.78, 5) is 27.6. The topological polar surface area (TPSA) is 81.4 Å². The van der Waals surface area contributed by atoms with Crippen LogP contribution in [0.3, 0.4) is 0 Å². The van der Waals surface area contributed by atoms with E-state index < -0.39 is 12.6 Å². The summed E-state index contributed by atoms with van der Waals surface area (Å²) in [7, 11) is 0. The van der Waals surface area contributed by atoms with Crippen LogP contribution in [0.1, 0.15) is 5.82 Å². The standard InChI is InChI=1S/C17H14N2O4/c1-11-18-15-5-3-2-4-14(15)17(22)19(11)12-6-8-13(9-7-12)23-10-16(20)21/h2-9H,10H2,1H3,(H,20,21). The lowest BCUT2D eigenvalue weighted by Crippen LogP contribution is -2.22. The van der Waals surface area contributed by atoms with E-state index in [0.29, 0.717) is 28.2 Å². The Labute approximate surface area is 131 Å². The molecule has 0 amide bonds. The Morgan fingerprint density at radius 2 is 1.87 bits per heavy atom. The van der Waals surface area contributed by atoms with E-state index in [1.807, 2.05) is 6.07 Å². The van der Waals surface area contributed by atoms with Crippen molar-refractivity contribution in [2.45, 2.75) is 6.92 Å². The second-order valence-electron chi connectivity index (χ2n) is 4.99. The molecule has 0 aliphatic rings. The highest BCUT2D eigenvalue weighted by molar-refractivity contribution is 5.77. The summed E-state index contributed by atoms with van der Waals surface area (Å²) in [5.74, 6) is -0.0385. The Hall–Kier alpha value is -3.15. The van der Waals surface area contributed by atoms with Crippen LogP contribution in [0.5, 0.6) is 5.75 Å². The van der Waals surface area contributed by atoms with Crippen LogP contribution in [-0.2, 0) is 4.79 Å². The van der Waals surface area contributed by atoms with Gasteiger partial charge in [-0.2, -0.15) is 0 Å². The van der Waals surface area contributed by atoms with Gasteiger partial charge in [0.1, 0.15) is 11.6 Å². The number of aryl methyl sites for hydroxylation is 1. The number of aliphatic carboxylic acids is 1. The Morgan fingerprint density at radius 3 is 2.57 bits per heavy atom. The lowest BCUT2D eigenvalue weighted by molar-refractivity contribution is -0.139. The van der Waals surface area contributed by atoms with Crippen LogP contribution in [0.2, 0.25) is 0 Å². The van der Waals surface area contributed by atoms with Crippen molar-refractivity contribution < 1.29 is 14.6 Å². The molecular weight excluding hydrogens is 296 g/mol. The van der Waals surface area contributed by atoms with Gasteiger partial charge in [0.05, 0.1) is 16.6 Å². The molecular formula is C17H14N2O4. The van der Waals surface area contributed by atoms with E-state index in [1.165, 1.54) is 4.57 Å². The van der Waals surface area contributed by atoms with E-state index in [9.17, 15) is 9.59 Å². The molecule has 6 heteroatoms. The zero-order valence-electron chi connectivity index (χ0n) is 12.4. The van der Waals surface area contributed by atoms with E-state index in [2.05, 4.69) is 4.98 Å². The Balaban J connectivity index is 2.03. The molecule has 0 aliphatic carbocycles. The highest BCUT2D eigenvalue weighted by Crippen LogP contribution is 2.16. The van der Waals surface area contributed by atoms with Crippen LogP contribution in [0.25, 0.3) is 16.6 Å². The zero-order valence-corrected chi connectivity index (χ0v) is 12.4. The number of hydrogen-bond donors (Lipinski definition) is 1. The van der Waals surface area contributed by atoms with Crippen LogP contribution in [-0.4, -0.2) is 27.2 Å². The number of aromatic nitrogens is 2. The first kappa shape index (κ1) is 14.8. The number of carboxylic acids is 1. The number of carbonyl (C=O) groups is 1. The minimum atomic E-state index is -1.04. The normalized spacial score (nSPS) is 10.7. The average molecular weight is 310 g/mol. The maximum absolute atomic E-state index is 12.7. The summed E-state index contributed by atoms with van der Waals surface area (Å²) in [6, 6.07) is 13.8. The number of rotatable bonds is 4. The smallest absolute Gasteiger partial charge is 0.341 e. The summed E-state index contributed by atoms with van der Waals surface area (Å²) in [6.07, 6.45) is 0. The van der Waals surface area contributed by atoms with Gasteiger partial charge in [0, 0.05) is 0 Å². The van der Waals surface area contributed by atoms with Crippen LogP contribution in [0.4, 0.5) is 0 Å². The van der Waals surface area contributed by atoms with Gasteiger partial charge in [-0.3, -0.25) is 9.36 Å². The van der Waals surface area contributed by atoms with Gasteiger partial charge in [-0.1, -0.05) is 12.1 Å². The number of carboxylic acid groups (broad SMARTS) is 1. The molecule has 0 fully saturated rings. The molecule has 0 saturated carbocycles. The fraction of sp³-hybridized carbons (Fsp3) is 0.118. The molecule has 1 aromatic heterocycles. The van der Waals surface area contributed by atoms with Gasteiger partial charge in [0.15, 0.2) is 6.61 Å². The third kappa shape index (κ3) is 2.91. The third-order valence-corrected chi connectivity index (χ3v) is 3.40. The van der Waals surface area contributed by atoms with Gasteiger partial charge in [-0.25, -0.2) is 9.78 Å². The molecule has 0 radical (unpaired) electrons. The fourth-order valence-corrected chi connectivity index (χ4v) is 2.38. The largest absolute Gasteiger partial charge is 0.482 e. The van der Waals surface area contributed by atoms with E-state index in [4.69, 9.17) is 9.84 Å². The molecule has 2 aromatic carbocycles. The van der Waals surface area contributed by atoms with E-state index in [0.717, 1.165) is 0 Å². The number of para-hydroxylation sites is 1. The number of hydrogen-bond acceptors (Lipinski definition) is 4. The minimum absolute atomic E-state index is 0.146. The van der Waals surface area contributed by atoms with Gasteiger partial charge in [0.25, 0.3) is 5.56 Å². The van der Waals surface area contributed by atoms with E-state index in [-0.39, 0.29) is 5.56 Å². The zero-order chi connectivity index (χ0) is 16.4. The first-order valence-electron chi connectivity index (χ1n) is 6.99. The van der Waals surface area contributed by atoms with Gasteiger partial charge in [-0.15, -0.1) is 0 Å². The van der Waals surface area contributed by atoms with Gasteiger partial charge >= 0.3 is 5.97 Å². The van der Waals surface area contributed by atoms with Crippen molar-refractivity contribution in [1.29, 1.82) is 0 Å². The highest BCUT2D eigenvalue weighted by Gasteiger charge is 2.09. The molecule has 23 heavy (non-hydrogen) atoms. The van der Waals surface area contributed by atoms with E-state index >= 15 is 0 Å². The van der Waals surface area contributed by atoms with Gasteiger partial charge in [0.2, 0.25) is 0 Å². The Bertz CT molecular complexity index is 929. The fourth-order valence-electron chi connectivity index (χ4n) is 2.38. The molecule has 3 aromatic rings. The second-order valence-corrected chi connectivity index (χ2v) is 4.99. The second kappa shape index (κ2) is 5.92. The summed E-state index contributed by atoms with van der Waals surface area (Å²) in [5, 5.41) is 9.15. The molecule has 0 unspecified atom stereocenters. The van der Waals surface area contributed by atoms with Crippen molar-refractivity contribution in [3.8, 4) is 11.4 Å². The molecule has 0 bridgehead atoms. The first-order chi connectivity index (χ1) is 11.1. The lowest BCUT2D eigenvalue weighted by Gasteiger charge is -2.11. The van der Waals surface area contributed by atoms with E-state index in [1.54, 1.807) is 49.4 Å². The van der Waals surface area contributed by atoms with Gasteiger partial charge < -0.3 is 9.84 Å². The Morgan fingerprint density at radius 1 is 1.17 bits per heavy atom. The Kier molecular flexibility index (Phi) is 3.80. The molecule has 3 rings (SSSR count). The molecule has 0 spiro atoms. The average Bonchev–Trinajstić information content (AvgIpc) is 2.54. The molecule has 0 saturated heterocycles. The van der Waals surface area contributed by atoms with Crippen LogP contribution in [0, 0.1) is 6.92 Å². The van der Waals surface area contributed by atoms with Crippen molar-refractivity contribution in [2.24, 2.45) is 0 Å². The van der Waals surface area contributed by atoms with Gasteiger partial charge in [-0.05, 0) is 43.3 Å². The predicted molar refractivity (Wildman–Crippen MR) is 85.2 cm³/mol. The van der Waals surface area contributed by atoms with Crippen LogP contribution in [0.15, 0.2) is 53.3 Å². The quantitative estimate of drug-likeness (QED) is 0.798.